The van der Waals surface area contributed by atoms with Crippen LogP contribution in [0.3, 0.4) is 0 Å². The van der Waals surface area contributed by atoms with Crippen molar-refractivity contribution in [1.82, 2.24) is 19.9 Å². The maximum atomic E-state index is 13.6. The topological polar surface area (TPSA) is 108 Å². The number of benzene rings is 3. The lowest BCUT2D eigenvalue weighted by atomic mass is 9.93. The summed E-state index contributed by atoms with van der Waals surface area (Å²) < 4.78 is 42.3. The molecule has 0 radical (unpaired) electrons. The van der Waals surface area contributed by atoms with Crippen LogP contribution < -0.4 is 10.3 Å². The largest absolute Gasteiger partial charge is 0.573 e. The second kappa shape index (κ2) is 12.4. The van der Waals surface area contributed by atoms with E-state index in [9.17, 15) is 27.9 Å². The number of amides is 1. The van der Waals surface area contributed by atoms with Gasteiger partial charge in [-0.15, -0.1) is 13.2 Å². The molecule has 48 heavy (non-hydrogen) atoms. The van der Waals surface area contributed by atoms with Crippen molar-refractivity contribution in [3.05, 3.63) is 136 Å². The number of carbonyl (C=O) groups excluding carboxylic acids is 1. The highest BCUT2D eigenvalue weighted by molar-refractivity contribution is 5.83. The molecule has 2 N–H and O–H groups in total. The Kier molecular flexibility index (Phi) is 8.08. The third-order valence-electron chi connectivity index (χ3n) is 9.04. The number of aliphatic hydroxyl groups excluding tert-OH is 1. The first kappa shape index (κ1) is 31.3. The molecule has 0 bridgehead atoms. The van der Waals surface area contributed by atoms with Gasteiger partial charge in [-0.1, -0.05) is 60.7 Å². The summed E-state index contributed by atoms with van der Waals surface area (Å²) in [5.74, 6) is -0.364. The number of nitrogens with zero attached hydrogens (tertiary/aromatic N) is 3. The van der Waals surface area contributed by atoms with Crippen molar-refractivity contribution in [3.8, 4) is 28.0 Å². The molecule has 7 rings (SSSR count). The summed E-state index contributed by atoms with van der Waals surface area (Å²) in [6, 6.07) is 24.0. The average Bonchev–Trinajstić information content (AvgIpc) is 3.93. The number of nitrogens with one attached hydrogen (secondary N) is 1. The number of hydrogen-bond acceptors (Lipinski definition) is 6. The van der Waals surface area contributed by atoms with Gasteiger partial charge in [0.2, 0.25) is 0 Å². The van der Waals surface area contributed by atoms with Crippen LogP contribution in [0.4, 0.5) is 13.2 Å². The lowest BCUT2D eigenvalue weighted by Crippen LogP contribution is -2.36. The zero-order valence-electron chi connectivity index (χ0n) is 25.7. The minimum Gasteiger partial charge on any atom is -0.406 e. The first-order valence-electron chi connectivity index (χ1n) is 15.7. The molecule has 0 spiro atoms. The Hall–Kier alpha value is -5.29. The first-order valence-corrected chi connectivity index (χ1v) is 15.7. The van der Waals surface area contributed by atoms with E-state index in [1.165, 1.54) is 23.1 Å². The number of fused-ring (bicyclic) bond motifs is 1. The summed E-state index contributed by atoms with van der Waals surface area (Å²) in [7, 11) is 0. The molecule has 11 heteroatoms. The summed E-state index contributed by atoms with van der Waals surface area (Å²) in [6.07, 6.45) is -0.0422. The molecule has 1 aliphatic heterocycles. The van der Waals surface area contributed by atoms with Gasteiger partial charge in [0, 0.05) is 24.5 Å². The minimum atomic E-state index is -4.83. The van der Waals surface area contributed by atoms with Crippen molar-refractivity contribution in [2.45, 2.75) is 50.1 Å². The zero-order valence-corrected chi connectivity index (χ0v) is 25.7. The molecule has 2 aromatic heterocycles. The highest BCUT2D eigenvalue weighted by Crippen LogP contribution is 2.52. The molecule has 2 aliphatic rings. The molecule has 0 unspecified atom stereocenters. The highest BCUT2D eigenvalue weighted by atomic mass is 19.4. The van der Waals surface area contributed by atoms with Crippen molar-refractivity contribution < 1.29 is 27.8 Å². The predicted octanol–water partition coefficient (Wildman–Crippen LogP) is 6.49. The quantitative estimate of drug-likeness (QED) is 0.208. The standard InChI is InChI=1S/C37H31F3N4O4/c38-37(39,40)48-29-12-5-10-25(19-29)24-9-4-11-26(17-24)32(45)34(47)44-16-6-13-31-30(22-44)33(46)43-35(42-31)36(14-15-36)28-18-27(20-41-21-28)23-7-2-1-3-8-23/h1-5,7-12,17-21,32,45H,6,13-16,22H2,(H,42,43,46)/t32-/m1/s1. The monoisotopic (exact) mass is 652 g/mol. The Morgan fingerprint density at radius 3 is 2.40 bits per heavy atom. The SMILES string of the molecule is O=C([C@H](O)c1cccc(-c2cccc(OC(F)(F)F)c2)c1)N1CCCc2nc(C3(c4cncc(-c5ccccc5)c4)CC3)[nH]c(=O)c2C1. The zero-order chi connectivity index (χ0) is 33.5. The van der Waals surface area contributed by atoms with Gasteiger partial charge in [-0.2, -0.15) is 0 Å². The van der Waals surface area contributed by atoms with E-state index < -0.39 is 23.8 Å². The van der Waals surface area contributed by atoms with Gasteiger partial charge in [-0.3, -0.25) is 14.6 Å². The van der Waals surface area contributed by atoms with E-state index in [2.05, 4.69) is 20.8 Å². The van der Waals surface area contributed by atoms with Crippen LogP contribution in [0.25, 0.3) is 22.3 Å². The Morgan fingerprint density at radius 2 is 1.65 bits per heavy atom. The Morgan fingerprint density at radius 1 is 0.917 bits per heavy atom. The normalized spacial score (nSPS) is 16.0. The third kappa shape index (κ3) is 6.33. The fourth-order valence-electron chi connectivity index (χ4n) is 6.39. The molecule has 5 aromatic rings. The number of alkyl halides is 3. The Balaban J connectivity index is 1.11. The predicted molar refractivity (Wildman–Crippen MR) is 172 cm³/mol. The maximum absolute atomic E-state index is 13.6. The molecule has 1 aliphatic carbocycles. The van der Waals surface area contributed by atoms with Crippen LogP contribution in [0.15, 0.2) is 102 Å². The van der Waals surface area contributed by atoms with Crippen molar-refractivity contribution in [3.63, 3.8) is 0 Å². The van der Waals surface area contributed by atoms with Crippen LogP contribution in [0.5, 0.6) is 5.75 Å². The van der Waals surface area contributed by atoms with Gasteiger partial charge < -0.3 is 19.7 Å². The number of ether oxygens (including phenoxy) is 1. The van der Waals surface area contributed by atoms with Gasteiger partial charge in [0.05, 0.1) is 23.2 Å². The number of aromatic amines is 1. The number of aromatic nitrogens is 3. The van der Waals surface area contributed by atoms with E-state index in [1.54, 1.807) is 30.3 Å². The molecule has 1 amide bonds. The highest BCUT2D eigenvalue weighted by Gasteiger charge is 2.49. The molecule has 8 nitrogen and oxygen atoms in total. The van der Waals surface area contributed by atoms with Gasteiger partial charge in [0.15, 0.2) is 6.10 Å². The minimum absolute atomic E-state index is 0.0115. The lowest BCUT2D eigenvalue weighted by molar-refractivity contribution is -0.274. The molecule has 244 valence electrons. The number of carbonyl (C=O) groups is 1. The number of halogens is 3. The first-order chi connectivity index (χ1) is 23.1. The van der Waals surface area contributed by atoms with E-state index in [-0.39, 0.29) is 23.4 Å². The number of rotatable bonds is 7. The van der Waals surface area contributed by atoms with E-state index in [1.807, 2.05) is 42.7 Å². The van der Waals surface area contributed by atoms with Crippen LogP contribution in [-0.2, 0) is 23.2 Å². The fourth-order valence-corrected chi connectivity index (χ4v) is 6.39. The summed E-state index contributed by atoms with van der Waals surface area (Å²) >= 11 is 0. The van der Waals surface area contributed by atoms with Crippen LogP contribution in [0, 0.1) is 0 Å². The molecular weight excluding hydrogens is 621 g/mol. The van der Waals surface area contributed by atoms with Crippen LogP contribution >= 0.6 is 0 Å². The Labute approximate surface area is 273 Å². The lowest BCUT2D eigenvalue weighted by Gasteiger charge is -2.24. The van der Waals surface area contributed by atoms with E-state index >= 15 is 0 Å². The molecule has 3 heterocycles. The summed E-state index contributed by atoms with van der Waals surface area (Å²) in [6.45, 7) is 0.300. The molecule has 1 fully saturated rings. The number of aryl methyl sites for hydroxylation is 1. The van der Waals surface area contributed by atoms with E-state index in [0.29, 0.717) is 47.6 Å². The van der Waals surface area contributed by atoms with Gasteiger partial charge in [0.25, 0.3) is 11.5 Å². The van der Waals surface area contributed by atoms with Crippen molar-refractivity contribution in [1.29, 1.82) is 0 Å². The number of H-pyrrole nitrogens is 1. The average molecular weight is 653 g/mol. The number of pyridine rings is 1. The number of hydrogen-bond donors (Lipinski definition) is 2. The van der Waals surface area contributed by atoms with Gasteiger partial charge in [-0.25, -0.2) is 4.98 Å². The van der Waals surface area contributed by atoms with Crippen LogP contribution in [0.2, 0.25) is 0 Å². The second-order valence-electron chi connectivity index (χ2n) is 12.2. The molecular formula is C37H31F3N4O4. The molecule has 0 saturated heterocycles. The second-order valence-corrected chi connectivity index (χ2v) is 12.2. The third-order valence-corrected chi connectivity index (χ3v) is 9.04. The Bertz CT molecular complexity index is 2040. The summed E-state index contributed by atoms with van der Waals surface area (Å²) in [5, 5.41) is 11.1. The van der Waals surface area contributed by atoms with Crippen LogP contribution in [-0.4, -0.2) is 43.8 Å². The van der Waals surface area contributed by atoms with Crippen molar-refractivity contribution >= 4 is 5.91 Å². The smallest absolute Gasteiger partial charge is 0.406 e. The van der Waals surface area contributed by atoms with Gasteiger partial charge >= 0.3 is 6.36 Å². The summed E-state index contributed by atoms with van der Waals surface area (Å²) in [5.41, 5.74) is 4.49. The van der Waals surface area contributed by atoms with Crippen molar-refractivity contribution in [2.24, 2.45) is 0 Å². The van der Waals surface area contributed by atoms with Gasteiger partial charge in [0.1, 0.15) is 11.6 Å². The maximum Gasteiger partial charge on any atom is 0.573 e. The van der Waals surface area contributed by atoms with Crippen molar-refractivity contribution in [2.75, 3.05) is 6.54 Å². The molecule has 3 aromatic carbocycles. The van der Waals surface area contributed by atoms with Crippen LogP contribution in [0.1, 0.15) is 53.6 Å². The van der Waals surface area contributed by atoms with E-state index in [4.69, 9.17) is 4.98 Å². The summed E-state index contributed by atoms with van der Waals surface area (Å²) in [4.78, 5) is 41.1. The fraction of sp³-hybridized carbons (Fsp3) is 0.243. The van der Waals surface area contributed by atoms with Gasteiger partial charge in [-0.05, 0) is 77.8 Å². The number of aliphatic hydroxyl groups is 1. The molecule has 1 saturated carbocycles. The molecule has 1 atom stereocenters. The van der Waals surface area contributed by atoms with E-state index in [0.717, 1.165) is 29.5 Å².